The van der Waals surface area contributed by atoms with Gasteiger partial charge in [0.05, 0.1) is 5.69 Å². The maximum atomic E-state index is 6.99. The van der Waals surface area contributed by atoms with Crippen LogP contribution >= 0.6 is 0 Å². The number of fused-ring (bicyclic) bond motifs is 9. The molecule has 58 heavy (non-hydrogen) atoms. The Labute approximate surface area is 333 Å². The first kappa shape index (κ1) is 32.4. The summed E-state index contributed by atoms with van der Waals surface area (Å²) in [5.41, 5.74) is 14.6. The van der Waals surface area contributed by atoms with E-state index in [0.29, 0.717) is 0 Å². The largest absolute Gasteiger partial charge is 0.456 e. The molecule has 12 rings (SSSR count). The van der Waals surface area contributed by atoms with Gasteiger partial charge in [0.25, 0.3) is 0 Å². The summed E-state index contributed by atoms with van der Waals surface area (Å²) in [6.45, 7) is 0. The number of hydrogen-bond donors (Lipinski definition) is 0. The van der Waals surface area contributed by atoms with Gasteiger partial charge >= 0.3 is 0 Å². The summed E-state index contributed by atoms with van der Waals surface area (Å²) in [4.78, 5) is 2.35. The van der Waals surface area contributed by atoms with Gasteiger partial charge in [0.15, 0.2) is 0 Å². The number of benzene rings is 9. The average Bonchev–Trinajstić information content (AvgIpc) is 3.98. The fourth-order valence-corrected chi connectivity index (χ4v) is 8.83. The van der Waals surface area contributed by atoms with Gasteiger partial charge < -0.3 is 18.2 Å². The van der Waals surface area contributed by atoms with E-state index in [0.717, 1.165) is 105 Å². The number of nitrogens with zero attached hydrogens (tertiary/aromatic N) is 1. The normalized spacial score (nSPS) is 11.8. The second-order valence-electron chi connectivity index (χ2n) is 14.8. The maximum Gasteiger partial charge on any atom is 0.144 e. The second kappa shape index (κ2) is 12.9. The van der Waals surface area contributed by atoms with E-state index in [1.807, 2.05) is 24.3 Å². The van der Waals surface area contributed by atoms with Crippen molar-refractivity contribution in [1.82, 2.24) is 0 Å². The molecule has 0 fully saturated rings. The van der Waals surface area contributed by atoms with Crippen molar-refractivity contribution in [2.75, 3.05) is 4.90 Å². The minimum absolute atomic E-state index is 0.794. The topological polar surface area (TPSA) is 42.7 Å². The molecule has 3 aromatic heterocycles. The summed E-state index contributed by atoms with van der Waals surface area (Å²) in [6.07, 6.45) is 0. The van der Waals surface area contributed by atoms with Gasteiger partial charge in [-0.25, -0.2) is 0 Å². The Morgan fingerprint density at radius 1 is 0.310 bits per heavy atom. The Kier molecular flexibility index (Phi) is 7.20. The Hall–Kier alpha value is -7.82. The highest BCUT2D eigenvalue weighted by atomic mass is 16.3. The molecule has 0 amide bonds. The minimum atomic E-state index is 0.794. The van der Waals surface area contributed by atoms with Crippen molar-refractivity contribution in [3.8, 4) is 33.4 Å². The molecule has 0 N–H and O–H groups in total. The molecule has 0 aliphatic rings. The summed E-state index contributed by atoms with van der Waals surface area (Å²) in [5.74, 6) is 0. The van der Waals surface area contributed by atoms with Gasteiger partial charge in [0.1, 0.15) is 33.5 Å². The molecule has 0 aliphatic carbocycles. The number of para-hydroxylation sites is 4. The fourth-order valence-electron chi connectivity index (χ4n) is 8.83. The smallest absolute Gasteiger partial charge is 0.144 e. The van der Waals surface area contributed by atoms with Crippen LogP contribution in [0.4, 0.5) is 17.1 Å². The molecule has 0 spiro atoms. The predicted octanol–water partition coefficient (Wildman–Crippen LogP) is 15.9. The van der Waals surface area contributed by atoms with Gasteiger partial charge in [-0.2, -0.15) is 0 Å². The fraction of sp³-hybridized carbons (Fsp3) is 0. The maximum absolute atomic E-state index is 6.99. The molecule has 0 radical (unpaired) electrons. The SMILES string of the molecule is c1ccc(-c2ccc(N(c3ccc4oc5c(-c6cccc7c6oc6ccccc67)c6c(cc5c4c3)oc3ccccc36)c3ccccc3-c3ccccc3)cc2)cc1. The second-order valence-corrected chi connectivity index (χ2v) is 14.8. The molecule has 9 aromatic carbocycles. The van der Waals surface area contributed by atoms with E-state index in [1.165, 1.54) is 11.1 Å². The van der Waals surface area contributed by atoms with Crippen LogP contribution in [0.3, 0.4) is 0 Å². The minimum Gasteiger partial charge on any atom is -0.456 e. The van der Waals surface area contributed by atoms with Gasteiger partial charge in [-0.1, -0.05) is 146 Å². The van der Waals surface area contributed by atoms with E-state index in [1.54, 1.807) is 0 Å². The third kappa shape index (κ3) is 5.02. The molecule has 0 aliphatic heterocycles. The number of hydrogen-bond acceptors (Lipinski definition) is 4. The van der Waals surface area contributed by atoms with Gasteiger partial charge in [-0.05, 0) is 71.3 Å². The molecule has 0 bridgehead atoms. The van der Waals surface area contributed by atoms with Crippen molar-refractivity contribution < 1.29 is 13.3 Å². The Balaban J connectivity index is 1.12. The summed E-state index contributed by atoms with van der Waals surface area (Å²) >= 11 is 0. The lowest BCUT2D eigenvalue weighted by Gasteiger charge is -2.28. The van der Waals surface area contributed by atoms with Crippen molar-refractivity contribution in [2.45, 2.75) is 0 Å². The molecule has 12 aromatic rings. The zero-order valence-electron chi connectivity index (χ0n) is 31.2. The summed E-state index contributed by atoms with van der Waals surface area (Å²) in [7, 11) is 0. The first-order chi connectivity index (χ1) is 28.8. The standard InChI is InChI=1S/C54H33NO3/c1-3-14-34(15-4-1)35-26-28-37(29-27-35)55(46-23-10-7-18-39(46)36-16-5-2-6-17-36)38-30-31-49-44(32-38)45-33-50-51(42-20-9-12-25-48(42)56-50)52(54(45)58-49)43-22-13-21-41-40-19-8-11-24-47(40)57-53(41)43/h1-33H. The summed E-state index contributed by atoms with van der Waals surface area (Å²) in [5, 5.41) is 6.16. The van der Waals surface area contributed by atoms with Gasteiger partial charge in [-0.15, -0.1) is 0 Å². The Bertz CT molecular complexity index is 3500. The highest BCUT2D eigenvalue weighted by Crippen LogP contribution is 2.49. The zero-order valence-corrected chi connectivity index (χ0v) is 31.2. The van der Waals surface area contributed by atoms with Crippen molar-refractivity contribution in [2.24, 2.45) is 0 Å². The third-order valence-corrected chi connectivity index (χ3v) is 11.5. The van der Waals surface area contributed by atoms with Gasteiger partial charge in [0.2, 0.25) is 0 Å². The van der Waals surface area contributed by atoms with Gasteiger partial charge in [-0.3, -0.25) is 0 Å². The van der Waals surface area contributed by atoms with Crippen molar-refractivity contribution in [3.05, 3.63) is 200 Å². The molecular weight excluding hydrogens is 711 g/mol. The number of furan rings is 3. The van der Waals surface area contributed by atoms with Crippen LogP contribution in [0.2, 0.25) is 0 Å². The molecule has 0 atom stereocenters. The lowest BCUT2D eigenvalue weighted by atomic mass is 9.95. The third-order valence-electron chi connectivity index (χ3n) is 11.5. The molecule has 4 nitrogen and oxygen atoms in total. The van der Waals surface area contributed by atoms with E-state index in [2.05, 4.69) is 181 Å². The molecule has 0 saturated heterocycles. The van der Waals surface area contributed by atoms with E-state index in [9.17, 15) is 0 Å². The van der Waals surface area contributed by atoms with Crippen LogP contribution in [0.5, 0.6) is 0 Å². The Morgan fingerprint density at radius 3 is 1.71 bits per heavy atom. The quantitative estimate of drug-likeness (QED) is 0.170. The van der Waals surface area contributed by atoms with Crippen molar-refractivity contribution in [3.63, 3.8) is 0 Å². The van der Waals surface area contributed by atoms with Gasteiger partial charge in [0, 0.05) is 60.4 Å². The molecule has 0 saturated carbocycles. The van der Waals surface area contributed by atoms with E-state index < -0.39 is 0 Å². The van der Waals surface area contributed by atoms with E-state index in [-0.39, 0.29) is 0 Å². The lowest BCUT2D eigenvalue weighted by molar-refractivity contribution is 0.662. The predicted molar refractivity (Wildman–Crippen MR) is 239 cm³/mol. The van der Waals surface area contributed by atoms with Crippen LogP contribution < -0.4 is 4.90 Å². The van der Waals surface area contributed by atoms with Crippen molar-refractivity contribution in [1.29, 1.82) is 0 Å². The van der Waals surface area contributed by atoms with E-state index >= 15 is 0 Å². The monoisotopic (exact) mass is 743 g/mol. The number of rotatable bonds is 6. The molecule has 4 heteroatoms. The van der Waals surface area contributed by atoms with Crippen LogP contribution in [-0.2, 0) is 0 Å². The highest BCUT2D eigenvalue weighted by Gasteiger charge is 2.25. The molecule has 272 valence electrons. The Morgan fingerprint density at radius 2 is 0.897 bits per heavy atom. The van der Waals surface area contributed by atoms with Crippen LogP contribution in [0.1, 0.15) is 0 Å². The first-order valence-corrected chi connectivity index (χ1v) is 19.6. The van der Waals surface area contributed by atoms with Crippen LogP contribution in [0, 0.1) is 0 Å². The van der Waals surface area contributed by atoms with Crippen LogP contribution in [0.15, 0.2) is 213 Å². The lowest BCUT2D eigenvalue weighted by Crippen LogP contribution is -2.11. The molecule has 0 unspecified atom stereocenters. The zero-order chi connectivity index (χ0) is 38.2. The molecular formula is C54H33NO3. The molecule has 3 heterocycles. The first-order valence-electron chi connectivity index (χ1n) is 19.6. The van der Waals surface area contributed by atoms with E-state index in [4.69, 9.17) is 13.3 Å². The van der Waals surface area contributed by atoms with Crippen molar-refractivity contribution >= 4 is 82.9 Å². The highest BCUT2D eigenvalue weighted by molar-refractivity contribution is 6.26. The van der Waals surface area contributed by atoms with Crippen LogP contribution in [0.25, 0.3) is 99.2 Å². The number of anilines is 3. The summed E-state index contributed by atoms with van der Waals surface area (Å²) in [6, 6.07) is 70.1. The summed E-state index contributed by atoms with van der Waals surface area (Å²) < 4.78 is 20.3. The average molecular weight is 744 g/mol. The van der Waals surface area contributed by atoms with Crippen LogP contribution in [-0.4, -0.2) is 0 Å².